The fourth-order valence-electron chi connectivity index (χ4n) is 3.69. The van der Waals surface area contributed by atoms with Gasteiger partial charge in [0.2, 0.25) is 5.88 Å². The molecule has 1 fully saturated rings. The molecule has 3 heteroatoms. The van der Waals surface area contributed by atoms with Gasteiger partial charge in [-0.15, -0.1) is 0 Å². The smallest absolute Gasteiger partial charge is 0.223 e. The fourth-order valence-corrected chi connectivity index (χ4v) is 3.69. The number of nitrogens with zero attached hydrogens (tertiary/aromatic N) is 2. The molecule has 0 amide bonds. The summed E-state index contributed by atoms with van der Waals surface area (Å²) in [7, 11) is 0. The fraction of sp³-hybridized carbons (Fsp3) is 0.261. The van der Waals surface area contributed by atoms with E-state index in [2.05, 4.69) is 46.3 Å². The molecule has 0 N–H and O–H groups in total. The van der Waals surface area contributed by atoms with Gasteiger partial charge in [0.05, 0.1) is 0 Å². The van der Waals surface area contributed by atoms with Gasteiger partial charge in [0.25, 0.3) is 0 Å². The molecule has 1 saturated heterocycles. The van der Waals surface area contributed by atoms with Crippen LogP contribution in [0.3, 0.4) is 0 Å². The number of piperidine rings is 1. The van der Waals surface area contributed by atoms with Crippen LogP contribution in [0.5, 0.6) is 11.6 Å². The molecule has 4 rings (SSSR count). The molecule has 2 aromatic carbocycles. The maximum atomic E-state index is 6.12. The summed E-state index contributed by atoms with van der Waals surface area (Å²) >= 11 is 0. The van der Waals surface area contributed by atoms with Crippen molar-refractivity contribution in [2.75, 3.05) is 6.54 Å². The zero-order valence-electron chi connectivity index (χ0n) is 14.9. The van der Waals surface area contributed by atoms with Gasteiger partial charge in [0, 0.05) is 24.3 Å². The first-order valence-corrected chi connectivity index (χ1v) is 9.36. The number of pyridine rings is 1. The molecule has 0 saturated carbocycles. The average molecular weight is 344 g/mol. The molecule has 0 bridgehead atoms. The summed E-state index contributed by atoms with van der Waals surface area (Å²) in [5, 5.41) is 0. The summed E-state index contributed by atoms with van der Waals surface area (Å²) < 4.78 is 6.12. The predicted octanol–water partition coefficient (Wildman–Crippen LogP) is 5.60. The largest absolute Gasteiger partial charge is 0.439 e. The molecule has 0 aliphatic carbocycles. The third-order valence-corrected chi connectivity index (χ3v) is 4.96. The second-order valence-electron chi connectivity index (χ2n) is 6.78. The number of aromatic nitrogens is 1. The van der Waals surface area contributed by atoms with E-state index in [0.717, 1.165) is 31.1 Å². The summed E-state index contributed by atoms with van der Waals surface area (Å²) in [6.45, 7) is 2.07. The van der Waals surface area contributed by atoms with E-state index in [1.165, 1.54) is 24.0 Å². The highest BCUT2D eigenvalue weighted by Gasteiger charge is 2.27. The Bertz CT molecular complexity index is 820. The minimum atomic E-state index is 0.344. The molecular weight excluding hydrogens is 320 g/mol. The summed E-state index contributed by atoms with van der Waals surface area (Å²) in [4.78, 5) is 7.10. The third-order valence-electron chi connectivity index (χ3n) is 4.96. The van der Waals surface area contributed by atoms with Gasteiger partial charge in [-0.25, -0.2) is 4.98 Å². The SMILES string of the molecule is c1ccc(CN2CCCC[C@H]2c2cccnc2Oc2ccccc2)cc1. The van der Waals surface area contributed by atoms with Gasteiger partial charge in [-0.3, -0.25) is 4.90 Å². The van der Waals surface area contributed by atoms with Crippen LogP contribution in [0, 0.1) is 0 Å². The lowest BCUT2D eigenvalue weighted by Gasteiger charge is -2.36. The zero-order valence-corrected chi connectivity index (χ0v) is 14.9. The lowest BCUT2D eigenvalue weighted by molar-refractivity contribution is 0.138. The van der Waals surface area contributed by atoms with E-state index in [0.29, 0.717) is 6.04 Å². The average Bonchev–Trinajstić information content (AvgIpc) is 2.71. The van der Waals surface area contributed by atoms with Crippen LogP contribution in [0.15, 0.2) is 79.0 Å². The van der Waals surface area contributed by atoms with Crippen molar-refractivity contribution in [2.45, 2.75) is 31.8 Å². The highest BCUT2D eigenvalue weighted by Crippen LogP contribution is 2.37. The highest BCUT2D eigenvalue weighted by molar-refractivity contribution is 5.34. The van der Waals surface area contributed by atoms with E-state index in [4.69, 9.17) is 4.74 Å². The van der Waals surface area contributed by atoms with Crippen molar-refractivity contribution < 1.29 is 4.74 Å². The van der Waals surface area contributed by atoms with Crippen molar-refractivity contribution >= 4 is 0 Å². The van der Waals surface area contributed by atoms with Gasteiger partial charge in [-0.1, -0.05) is 61.0 Å². The van der Waals surface area contributed by atoms with Gasteiger partial charge < -0.3 is 4.74 Å². The Morgan fingerprint density at radius 2 is 1.65 bits per heavy atom. The van der Waals surface area contributed by atoms with Crippen LogP contribution in [-0.4, -0.2) is 16.4 Å². The lowest BCUT2D eigenvalue weighted by Crippen LogP contribution is -2.33. The van der Waals surface area contributed by atoms with Crippen molar-refractivity contribution in [3.63, 3.8) is 0 Å². The van der Waals surface area contributed by atoms with Gasteiger partial charge in [0.15, 0.2) is 0 Å². The van der Waals surface area contributed by atoms with Crippen LogP contribution in [0.25, 0.3) is 0 Å². The van der Waals surface area contributed by atoms with Crippen molar-refractivity contribution in [3.05, 3.63) is 90.1 Å². The molecule has 0 radical (unpaired) electrons. The first kappa shape index (κ1) is 16.8. The third kappa shape index (κ3) is 3.94. The Morgan fingerprint density at radius 1 is 0.885 bits per heavy atom. The summed E-state index contributed by atoms with van der Waals surface area (Å²) in [6, 6.07) is 25.2. The number of ether oxygens (including phenoxy) is 1. The Balaban J connectivity index is 1.60. The number of hydrogen-bond acceptors (Lipinski definition) is 3. The quantitative estimate of drug-likeness (QED) is 0.602. The molecular formula is C23H24N2O. The molecule has 26 heavy (non-hydrogen) atoms. The molecule has 0 unspecified atom stereocenters. The minimum Gasteiger partial charge on any atom is -0.439 e. The number of benzene rings is 2. The Labute approximate surface area is 155 Å². The topological polar surface area (TPSA) is 25.4 Å². The van der Waals surface area contributed by atoms with Crippen LogP contribution < -0.4 is 4.74 Å². The zero-order chi connectivity index (χ0) is 17.6. The highest BCUT2D eigenvalue weighted by atomic mass is 16.5. The van der Waals surface area contributed by atoms with Gasteiger partial charge in [-0.2, -0.15) is 0 Å². The maximum absolute atomic E-state index is 6.12. The second kappa shape index (κ2) is 8.15. The van der Waals surface area contributed by atoms with Gasteiger partial charge in [0.1, 0.15) is 5.75 Å². The van der Waals surface area contributed by atoms with E-state index in [9.17, 15) is 0 Å². The van der Waals surface area contributed by atoms with Crippen LogP contribution in [0.4, 0.5) is 0 Å². The van der Waals surface area contributed by atoms with Crippen LogP contribution in [-0.2, 0) is 6.54 Å². The molecule has 1 aliphatic rings. The van der Waals surface area contributed by atoms with Crippen molar-refractivity contribution in [2.24, 2.45) is 0 Å². The molecule has 1 atom stereocenters. The molecule has 3 aromatic rings. The molecule has 1 aliphatic heterocycles. The lowest BCUT2D eigenvalue weighted by atomic mass is 9.95. The van der Waals surface area contributed by atoms with Gasteiger partial charge >= 0.3 is 0 Å². The van der Waals surface area contributed by atoms with Crippen LogP contribution >= 0.6 is 0 Å². The van der Waals surface area contributed by atoms with Crippen molar-refractivity contribution in [3.8, 4) is 11.6 Å². The first-order valence-electron chi connectivity index (χ1n) is 9.36. The van der Waals surface area contributed by atoms with Crippen molar-refractivity contribution in [1.82, 2.24) is 9.88 Å². The van der Waals surface area contributed by atoms with E-state index in [-0.39, 0.29) is 0 Å². The Morgan fingerprint density at radius 3 is 2.46 bits per heavy atom. The molecule has 3 nitrogen and oxygen atoms in total. The number of hydrogen-bond donors (Lipinski definition) is 0. The minimum absolute atomic E-state index is 0.344. The molecule has 0 spiro atoms. The Kier molecular flexibility index (Phi) is 5.27. The monoisotopic (exact) mass is 344 g/mol. The summed E-state index contributed by atoms with van der Waals surface area (Å²) in [6.07, 6.45) is 5.45. The number of likely N-dealkylation sites (tertiary alicyclic amines) is 1. The van der Waals surface area contributed by atoms with E-state index < -0.39 is 0 Å². The number of para-hydroxylation sites is 1. The van der Waals surface area contributed by atoms with Crippen LogP contribution in [0.2, 0.25) is 0 Å². The van der Waals surface area contributed by atoms with E-state index in [1.54, 1.807) is 0 Å². The van der Waals surface area contributed by atoms with Gasteiger partial charge in [-0.05, 0) is 43.1 Å². The summed E-state index contributed by atoms with van der Waals surface area (Å²) in [5.41, 5.74) is 2.54. The standard InChI is InChI=1S/C23H24N2O/c1-3-10-19(11-4-1)18-25-17-8-7-15-22(25)21-14-9-16-24-23(21)26-20-12-5-2-6-13-20/h1-6,9-14,16,22H,7-8,15,17-18H2/t22-/m0/s1. The molecule has 1 aromatic heterocycles. The van der Waals surface area contributed by atoms with Crippen molar-refractivity contribution in [1.29, 1.82) is 0 Å². The second-order valence-corrected chi connectivity index (χ2v) is 6.78. The first-order chi connectivity index (χ1) is 12.9. The Hall–Kier alpha value is -2.65. The maximum Gasteiger partial charge on any atom is 0.223 e. The normalized spacial score (nSPS) is 17.8. The summed E-state index contributed by atoms with van der Waals surface area (Å²) in [5.74, 6) is 1.56. The van der Waals surface area contributed by atoms with E-state index in [1.807, 2.05) is 42.6 Å². The molecule has 2 heterocycles. The number of rotatable bonds is 5. The van der Waals surface area contributed by atoms with E-state index >= 15 is 0 Å². The van der Waals surface area contributed by atoms with Crippen LogP contribution in [0.1, 0.15) is 36.4 Å². The molecule has 132 valence electrons. The predicted molar refractivity (Wildman–Crippen MR) is 104 cm³/mol.